The number of hydrogen-bond donors (Lipinski definition) is 0. The number of carbonyl (C=O) groups excluding carboxylic acids is 1. The third-order valence-corrected chi connectivity index (χ3v) is 2.85. The molecule has 0 fully saturated rings. The SMILES string of the molecule is COc1c(Cl)ccc(I)c1C(=O)Cl. The lowest BCUT2D eigenvalue weighted by Gasteiger charge is -2.08. The van der Waals surface area contributed by atoms with E-state index in [0.717, 1.165) is 3.57 Å². The molecular formula is C8H5Cl2IO2. The third kappa shape index (κ3) is 2.27. The van der Waals surface area contributed by atoms with Gasteiger partial charge in [-0.3, -0.25) is 4.79 Å². The van der Waals surface area contributed by atoms with E-state index in [9.17, 15) is 4.79 Å². The van der Waals surface area contributed by atoms with Gasteiger partial charge in [-0.05, 0) is 46.3 Å². The molecule has 0 saturated heterocycles. The average Bonchev–Trinajstić information content (AvgIpc) is 2.07. The second kappa shape index (κ2) is 4.48. The standard InChI is InChI=1S/C8H5Cl2IO2/c1-13-7-4(9)2-3-5(11)6(7)8(10)12/h2-3H,1H3. The molecule has 1 rings (SSSR count). The van der Waals surface area contributed by atoms with E-state index in [0.29, 0.717) is 16.3 Å². The van der Waals surface area contributed by atoms with Crippen LogP contribution in [0.25, 0.3) is 0 Å². The molecular weight excluding hydrogens is 326 g/mol. The van der Waals surface area contributed by atoms with Crippen molar-refractivity contribution in [1.82, 2.24) is 0 Å². The lowest BCUT2D eigenvalue weighted by atomic mass is 10.2. The van der Waals surface area contributed by atoms with Gasteiger partial charge in [-0.25, -0.2) is 0 Å². The molecule has 0 N–H and O–H groups in total. The van der Waals surface area contributed by atoms with Crippen molar-refractivity contribution < 1.29 is 9.53 Å². The van der Waals surface area contributed by atoms with Crippen molar-refractivity contribution in [3.8, 4) is 5.75 Å². The van der Waals surface area contributed by atoms with Crippen molar-refractivity contribution in [3.05, 3.63) is 26.3 Å². The largest absolute Gasteiger partial charge is 0.494 e. The van der Waals surface area contributed by atoms with Crippen molar-refractivity contribution in [2.24, 2.45) is 0 Å². The van der Waals surface area contributed by atoms with Crippen LogP contribution in [0.5, 0.6) is 5.75 Å². The molecule has 0 heterocycles. The molecule has 0 aromatic heterocycles. The summed E-state index contributed by atoms with van der Waals surface area (Å²) >= 11 is 13.2. The number of methoxy groups -OCH3 is 1. The Morgan fingerprint density at radius 2 is 2.15 bits per heavy atom. The van der Waals surface area contributed by atoms with E-state index in [4.69, 9.17) is 27.9 Å². The van der Waals surface area contributed by atoms with Crippen LogP contribution in [0, 0.1) is 3.57 Å². The minimum Gasteiger partial charge on any atom is -0.494 e. The van der Waals surface area contributed by atoms with Gasteiger partial charge < -0.3 is 4.74 Å². The fourth-order valence-corrected chi connectivity index (χ4v) is 2.17. The molecule has 0 saturated carbocycles. The van der Waals surface area contributed by atoms with Crippen LogP contribution in [-0.4, -0.2) is 12.4 Å². The van der Waals surface area contributed by atoms with Crippen LogP contribution in [0.15, 0.2) is 12.1 Å². The van der Waals surface area contributed by atoms with Crippen LogP contribution in [-0.2, 0) is 0 Å². The topological polar surface area (TPSA) is 26.3 Å². The Kier molecular flexibility index (Phi) is 3.82. The van der Waals surface area contributed by atoms with Gasteiger partial charge in [-0.2, -0.15) is 0 Å². The molecule has 0 spiro atoms. The second-order valence-electron chi connectivity index (χ2n) is 2.21. The number of rotatable bonds is 2. The summed E-state index contributed by atoms with van der Waals surface area (Å²) in [5, 5.41) is -0.185. The first kappa shape index (κ1) is 11.1. The minimum absolute atomic E-state index is 0.317. The normalized spacial score (nSPS) is 9.85. The predicted octanol–water partition coefficient (Wildman–Crippen LogP) is 3.33. The Morgan fingerprint density at radius 3 is 2.54 bits per heavy atom. The molecule has 0 amide bonds. The van der Waals surface area contributed by atoms with Crippen LogP contribution in [0.2, 0.25) is 5.02 Å². The number of carbonyl (C=O) groups is 1. The summed E-state index contributed by atoms with van der Waals surface area (Å²) in [5.41, 5.74) is 0.317. The highest BCUT2D eigenvalue weighted by atomic mass is 127. The van der Waals surface area contributed by atoms with E-state index in [2.05, 4.69) is 0 Å². The van der Waals surface area contributed by atoms with Gasteiger partial charge in [0.2, 0.25) is 0 Å². The number of halogens is 3. The zero-order valence-electron chi connectivity index (χ0n) is 6.61. The highest BCUT2D eigenvalue weighted by Gasteiger charge is 2.16. The van der Waals surface area contributed by atoms with E-state index in [1.807, 2.05) is 22.6 Å². The monoisotopic (exact) mass is 330 g/mol. The van der Waals surface area contributed by atoms with E-state index in [1.54, 1.807) is 12.1 Å². The summed E-state index contributed by atoms with van der Waals surface area (Å²) in [6.07, 6.45) is 0. The van der Waals surface area contributed by atoms with E-state index < -0.39 is 5.24 Å². The zero-order chi connectivity index (χ0) is 10.0. The van der Waals surface area contributed by atoms with Crippen molar-refractivity contribution in [3.63, 3.8) is 0 Å². The van der Waals surface area contributed by atoms with E-state index in [1.165, 1.54) is 7.11 Å². The Labute approximate surface area is 99.3 Å². The van der Waals surface area contributed by atoms with Gasteiger partial charge in [0.15, 0.2) is 5.75 Å². The Hall–Kier alpha value is -0.000000000000000111. The molecule has 13 heavy (non-hydrogen) atoms. The highest BCUT2D eigenvalue weighted by molar-refractivity contribution is 14.1. The summed E-state index contributed by atoms with van der Waals surface area (Å²) in [5.74, 6) is 0.327. The van der Waals surface area contributed by atoms with Crippen molar-refractivity contribution in [2.75, 3.05) is 7.11 Å². The summed E-state index contributed by atoms with van der Waals surface area (Å²) in [6, 6.07) is 3.37. The fraction of sp³-hybridized carbons (Fsp3) is 0.125. The summed E-state index contributed by atoms with van der Waals surface area (Å²) in [7, 11) is 1.45. The summed E-state index contributed by atoms with van der Waals surface area (Å²) in [6.45, 7) is 0. The van der Waals surface area contributed by atoms with Crippen LogP contribution >= 0.6 is 45.8 Å². The molecule has 0 bridgehead atoms. The van der Waals surface area contributed by atoms with Gasteiger partial charge in [-0.15, -0.1) is 0 Å². The molecule has 0 atom stereocenters. The van der Waals surface area contributed by atoms with Gasteiger partial charge in [0.1, 0.15) is 0 Å². The molecule has 0 aliphatic carbocycles. The maximum atomic E-state index is 11.0. The lowest BCUT2D eigenvalue weighted by molar-refractivity contribution is 0.107. The van der Waals surface area contributed by atoms with Crippen molar-refractivity contribution >= 4 is 51.0 Å². The number of ether oxygens (including phenoxy) is 1. The average molecular weight is 331 g/mol. The van der Waals surface area contributed by atoms with Crippen molar-refractivity contribution in [2.45, 2.75) is 0 Å². The Balaban J connectivity index is 3.43. The first-order valence-electron chi connectivity index (χ1n) is 3.29. The first-order valence-corrected chi connectivity index (χ1v) is 5.13. The number of hydrogen-bond acceptors (Lipinski definition) is 2. The molecule has 1 aromatic carbocycles. The summed E-state index contributed by atoms with van der Waals surface area (Å²) < 4.78 is 5.70. The number of benzene rings is 1. The molecule has 0 radical (unpaired) electrons. The van der Waals surface area contributed by atoms with Gasteiger partial charge in [0.25, 0.3) is 5.24 Å². The third-order valence-electron chi connectivity index (χ3n) is 1.46. The lowest BCUT2D eigenvalue weighted by Crippen LogP contribution is -1.99. The van der Waals surface area contributed by atoms with Crippen LogP contribution < -0.4 is 4.74 Å². The van der Waals surface area contributed by atoms with Crippen molar-refractivity contribution in [1.29, 1.82) is 0 Å². The molecule has 0 aliphatic heterocycles. The molecule has 2 nitrogen and oxygen atoms in total. The zero-order valence-corrected chi connectivity index (χ0v) is 10.3. The van der Waals surface area contributed by atoms with E-state index >= 15 is 0 Å². The Morgan fingerprint density at radius 1 is 1.54 bits per heavy atom. The van der Waals surface area contributed by atoms with Crippen LogP contribution in [0.4, 0.5) is 0 Å². The van der Waals surface area contributed by atoms with Crippen LogP contribution in [0.3, 0.4) is 0 Å². The van der Waals surface area contributed by atoms with Crippen LogP contribution in [0.1, 0.15) is 10.4 Å². The maximum Gasteiger partial charge on any atom is 0.257 e. The minimum atomic E-state index is -0.566. The Bertz CT molecular complexity index is 352. The molecule has 0 aliphatic rings. The molecule has 5 heteroatoms. The molecule has 0 unspecified atom stereocenters. The van der Waals surface area contributed by atoms with Gasteiger partial charge in [-0.1, -0.05) is 11.6 Å². The maximum absolute atomic E-state index is 11.0. The van der Waals surface area contributed by atoms with Gasteiger partial charge >= 0.3 is 0 Å². The quantitative estimate of drug-likeness (QED) is 0.614. The first-order chi connectivity index (χ1) is 6.07. The predicted molar refractivity (Wildman–Crippen MR) is 60.9 cm³/mol. The van der Waals surface area contributed by atoms with Gasteiger partial charge in [0.05, 0.1) is 17.7 Å². The molecule has 70 valence electrons. The molecule has 1 aromatic rings. The van der Waals surface area contributed by atoms with E-state index in [-0.39, 0.29) is 0 Å². The summed E-state index contributed by atoms with van der Waals surface area (Å²) in [4.78, 5) is 11.0. The smallest absolute Gasteiger partial charge is 0.257 e. The second-order valence-corrected chi connectivity index (χ2v) is 4.12. The highest BCUT2D eigenvalue weighted by Crippen LogP contribution is 2.32. The fourth-order valence-electron chi connectivity index (χ4n) is 0.916. The van der Waals surface area contributed by atoms with Gasteiger partial charge in [0, 0.05) is 3.57 Å².